The molecule has 1 aromatic rings. The summed E-state index contributed by atoms with van der Waals surface area (Å²) in [5, 5.41) is 0. The van der Waals surface area contributed by atoms with E-state index in [0.29, 0.717) is 11.3 Å². The molecule has 1 heterocycles. The first kappa shape index (κ1) is 13.9. The Morgan fingerprint density at radius 1 is 1.32 bits per heavy atom. The van der Waals surface area contributed by atoms with E-state index in [1.807, 2.05) is 26.8 Å². The molecule has 1 aliphatic heterocycles. The van der Waals surface area contributed by atoms with Crippen molar-refractivity contribution >= 4 is 11.7 Å². The minimum atomic E-state index is -0.295. The average Bonchev–Trinajstić information content (AvgIpc) is 2.30. The molecule has 0 radical (unpaired) electrons. The molecule has 0 amide bonds. The van der Waals surface area contributed by atoms with Crippen molar-refractivity contribution in [3.05, 3.63) is 29.3 Å². The zero-order chi connectivity index (χ0) is 14.0. The van der Waals surface area contributed by atoms with Crippen LogP contribution in [0.1, 0.15) is 42.6 Å². The molecule has 4 nitrogen and oxygen atoms in total. The average molecular weight is 263 g/mol. The van der Waals surface area contributed by atoms with E-state index >= 15 is 0 Å². The fraction of sp³-hybridized carbons (Fsp3) is 0.533. The van der Waals surface area contributed by atoms with Crippen molar-refractivity contribution in [2.24, 2.45) is 0 Å². The summed E-state index contributed by atoms with van der Waals surface area (Å²) in [6, 6.07) is 5.29. The quantitative estimate of drug-likeness (QED) is 0.658. The lowest BCUT2D eigenvalue weighted by atomic mass is 10.0. The van der Waals surface area contributed by atoms with Crippen molar-refractivity contribution in [3.63, 3.8) is 0 Å². The van der Waals surface area contributed by atoms with E-state index in [1.54, 1.807) is 12.1 Å². The number of hydrogen-bond acceptors (Lipinski definition) is 4. The maximum absolute atomic E-state index is 12.2. The van der Waals surface area contributed by atoms with E-state index < -0.39 is 0 Å². The van der Waals surface area contributed by atoms with Gasteiger partial charge in [-0.3, -0.25) is 0 Å². The lowest BCUT2D eigenvalue weighted by molar-refractivity contribution is -0.0855. The number of aryl methyl sites for hydroxylation is 1. The van der Waals surface area contributed by atoms with Crippen LogP contribution >= 0.6 is 0 Å². The second kappa shape index (κ2) is 5.61. The molecule has 0 aromatic heterocycles. The van der Waals surface area contributed by atoms with Crippen molar-refractivity contribution in [1.82, 2.24) is 0 Å². The summed E-state index contributed by atoms with van der Waals surface area (Å²) in [5.74, 6) is -0.295. The van der Waals surface area contributed by atoms with Crippen LogP contribution in [-0.2, 0) is 9.47 Å². The number of ether oxygens (including phenoxy) is 2. The van der Waals surface area contributed by atoms with Gasteiger partial charge in [-0.1, -0.05) is 6.07 Å². The van der Waals surface area contributed by atoms with E-state index in [9.17, 15) is 4.79 Å². The van der Waals surface area contributed by atoms with Crippen LogP contribution in [0.25, 0.3) is 0 Å². The summed E-state index contributed by atoms with van der Waals surface area (Å²) in [6.07, 6.45) is 1.67. The molecule has 0 spiro atoms. The van der Waals surface area contributed by atoms with Gasteiger partial charge in [0, 0.05) is 18.5 Å². The standard InChI is InChI=1S/C15H21NO3/c1-9-4-5-12(16)8-14(9)15(17)19-13-6-10(2)18-11(3)7-13/h4-5,8,10-11,13H,6-7,16H2,1-3H3. The molecule has 4 heteroatoms. The minimum Gasteiger partial charge on any atom is -0.459 e. The highest BCUT2D eigenvalue weighted by atomic mass is 16.6. The Balaban J connectivity index is 2.06. The van der Waals surface area contributed by atoms with Crippen LogP contribution in [0.4, 0.5) is 5.69 Å². The Bertz CT molecular complexity index is 462. The van der Waals surface area contributed by atoms with Crippen LogP contribution in [0, 0.1) is 6.92 Å². The molecule has 0 aliphatic carbocycles. The molecule has 2 atom stereocenters. The topological polar surface area (TPSA) is 61.6 Å². The van der Waals surface area contributed by atoms with Gasteiger partial charge in [-0.25, -0.2) is 4.79 Å². The summed E-state index contributed by atoms with van der Waals surface area (Å²) >= 11 is 0. The van der Waals surface area contributed by atoms with Gasteiger partial charge >= 0.3 is 5.97 Å². The summed E-state index contributed by atoms with van der Waals surface area (Å²) in [5.41, 5.74) is 7.72. The van der Waals surface area contributed by atoms with Crippen molar-refractivity contribution < 1.29 is 14.3 Å². The summed E-state index contributed by atoms with van der Waals surface area (Å²) < 4.78 is 11.2. The van der Waals surface area contributed by atoms with E-state index in [2.05, 4.69) is 0 Å². The van der Waals surface area contributed by atoms with E-state index in [-0.39, 0.29) is 24.3 Å². The second-order valence-electron chi connectivity index (χ2n) is 5.33. The summed E-state index contributed by atoms with van der Waals surface area (Å²) in [7, 11) is 0. The Kier molecular flexibility index (Phi) is 4.10. The van der Waals surface area contributed by atoms with Crippen molar-refractivity contribution in [2.45, 2.75) is 51.9 Å². The number of nitrogens with two attached hydrogens (primary N) is 1. The van der Waals surface area contributed by atoms with Gasteiger partial charge in [-0.05, 0) is 38.5 Å². The zero-order valence-corrected chi connectivity index (χ0v) is 11.7. The zero-order valence-electron chi connectivity index (χ0n) is 11.7. The third kappa shape index (κ3) is 3.47. The predicted octanol–water partition coefficient (Wildman–Crippen LogP) is 2.69. The predicted molar refractivity (Wildman–Crippen MR) is 74.0 cm³/mol. The Hall–Kier alpha value is -1.55. The maximum atomic E-state index is 12.2. The van der Waals surface area contributed by atoms with Crippen LogP contribution in [-0.4, -0.2) is 24.3 Å². The minimum absolute atomic E-state index is 0.0768. The fourth-order valence-corrected chi connectivity index (χ4v) is 2.51. The first-order valence-electron chi connectivity index (χ1n) is 6.68. The van der Waals surface area contributed by atoms with Crippen molar-refractivity contribution in [1.29, 1.82) is 0 Å². The van der Waals surface area contributed by atoms with E-state index in [4.69, 9.17) is 15.2 Å². The molecular weight excluding hydrogens is 242 g/mol. The lowest BCUT2D eigenvalue weighted by Gasteiger charge is -2.31. The van der Waals surface area contributed by atoms with Gasteiger partial charge in [0.05, 0.1) is 17.8 Å². The molecule has 1 saturated heterocycles. The maximum Gasteiger partial charge on any atom is 0.338 e. The van der Waals surface area contributed by atoms with E-state index in [1.165, 1.54) is 0 Å². The highest BCUT2D eigenvalue weighted by Crippen LogP contribution is 2.23. The van der Waals surface area contributed by atoms with Crippen molar-refractivity contribution in [2.75, 3.05) is 5.73 Å². The molecule has 1 aromatic carbocycles. The molecule has 1 aliphatic rings. The van der Waals surface area contributed by atoms with Crippen LogP contribution < -0.4 is 5.73 Å². The SMILES string of the molecule is Cc1ccc(N)cc1C(=O)OC1CC(C)OC(C)C1. The number of nitrogen functional groups attached to an aromatic ring is 1. The van der Waals surface area contributed by atoms with Crippen LogP contribution in [0.3, 0.4) is 0 Å². The van der Waals surface area contributed by atoms with Crippen LogP contribution in [0.5, 0.6) is 0 Å². The highest BCUT2D eigenvalue weighted by molar-refractivity contribution is 5.92. The number of rotatable bonds is 2. The van der Waals surface area contributed by atoms with Gasteiger partial charge in [-0.2, -0.15) is 0 Å². The van der Waals surface area contributed by atoms with Crippen molar-refractivity contribution in [3.8, 4) is 0 Å². The third-order valence-corrected chi connectivity index (χ3v) is 3.41. The van der Waals surface area contributed by atoms with Crippen LogP contribution in [0.2, 0.25) is 0 Å². The molecular formula is C15H21NO3. The first-order valence-corrected chi connectivity index (χ1v) is 6.68. The smallest absolute Gasteiger partial charge is 0.338 e. The number of esters is 1. The largest absolute Gasteiger partial charge is 0.459 e. The van der Waals surface area contributed by atoms with Gasteiger partial charge in [0.1, 0.15) is 6.10 Å². The van der Waals surface area contributed by atoms with Gasteiger partial charge < -0.3 is 15.2 Å². The normalized spacial score (nSPS) is 27.0. The number of carbonyl (C=O) groups excluding carboxylic acids is 1. The van der Waals surface area contributed by atoms with Gasteiger partial charge in [0.25, 0.3) is 0 Å². The number of benzene rings is 1. The molecule has 104 valence electrons. The number of carbonyl (C=O) groups is 1. The molecule has 0 saturated carbocycles. The number of hydrogen-bond donors (Lipinski definition) is 1. The second-order valence-corrected chi connectivity index (χ2v) is 5.33. The summed E-state index contributed by atoms with van der Waals surface area (Å²) in [6.45, 7) is 5.88. The number of anilines is 1. The first-order chi connectivity index (χ1) is 8.95. The molecule has 0 bridgehead atoms. The molecule has 19 heavy (non-hydrogen) atoms. The monoisotopic (exact) mass is 263 g/mol. The van der Waals surface area contributed by atoms with Crippen LogP contribution in [0.15, 0.2) is 18.2 Å². The molecule has 2 N–H and O–H groups in total. The highest BCUT2D eigenvalue weighted by Gasteiger charge is 2.27. The summed E-state index contributed by atoms with van der Waals surface area (Å²) in [4.78, 5) is 12.2. The fourth-order valence-electron chi connectivity index (χ4n) is 2.51. The van der Waals surface area contributed by atoms with Gasteiger partial charge in [0.2, 0.25) is 0 Å². The van der Waals surface area contributed by atoms with Gasteiger partial charge in [-0.15, -0.1) is 0 Å². The van der Waals surface area contributed by atoms with E-state index in [0.717, 1.165) is 18.4 Å². The molecule has 1 fully saturated rings. The lowest BCUT2D eigenvalue weighted by Crippen LogP contribution is -2.35. The molecule has 2 unspecified atom stereocenters. The Morgan fingerprint density at radius 3 is 2.58 bits per heavy atom. The van der Waals surface area contributed by atoms with Gasteiger partial charge in [0.15, 0.2) is 0 Å². The Labute approximate surface area is 113 Å². The molecule has 2 rings (SSSR count). The third-order valence-electron chi connectivity index (χ3n) is 3.41. The Morgan fingerprint density at radius 2 is 1.95 bits per heavy atom.